The SMILES string of the molecule is C[C@]12CC[C@]3(F)[C@H]4CCC(=O)C=C4[C@@H](Br)C[C@H]3[C@@H]1CC[C@@H]2C(=O)CO. The molecule has 0 spiro atoms. The first-order chi connectivity index (χ1) is 11.8. The van der Waals surface area contributed by atoms with Gasteiger partial charge in [-0.2, -0.15) is 0 Å². The average molecular weight is 413 g/mol. The number of rotatable bonds is 2. The first kappa shape index (κ1) is 17.8. The first-order valence-electron chi connectivity index (χ1n) is 9.52. The van der Waals surface area contributed by atoms with Gasteiger partial charge in [0.2, 0.25) is 0 Å². The summed E-state index contributed by atoms with van der Waals surface area (Å²) in [6.07, 6.45) is 6.25. The van der Waals surface area contributed by atoms with Crippen LogP contribution < -0.4 is 0 Å². The lowest BCUT2D eigenvalue weighted by Gasteiger charge is -2.58. The summed E-state index contributed by atoms with van der Waals surface area (Å²) in [6.45, 7) is 1.73. The number of hydrogen-bond acceptors (Lipinski definition) is 3. The van der Waals surface area contributed by atoms with Gasteiger partial charge in [-0.1, -0.05) is 22.9 Å². The molecule has 4 aliphatic rings. The van der Waals surface area contributed by atoms with Crippen LogP contribution in [-0.4, -0.2) is 33.8 Å². The number of carbonyl (C=O) groups excluding carboxylic acids is 2. The van der Waals surface area contributed by atoms with Gasteiger partial charge < -0.3 is 5.11 Å². The minimum atomic E-state index is -1.25. The third kappa shape index (κ3) is 2.44. The Labute approximate surface area is 156 Å². The van der Waals surface area contributed by atoms with Gasteiger partial charge in [-0.05, 0) is 67.4 Å². The molecule has 3 saturated carbocycles. The molecule has 0 amide bonds. The zero-order valence-corrected chi connectivity index (χ0v) is 16.2. The number of allylic oxidation sites excluding steroid dienone is 1. The number of aliphatic hydroxyl groups excluding tert-OH is 1. The fourth-order valence-corrected chi connectivity index (χ4v) is 7.55. The lowest BCUT2D eigenvalue weighted by molar-refractivity contribution is -0.139. The molecule has 7 atom stereocenters. The van der Waals surface area contributed by atoms with E-state index in [1.165, 1.54) is 0 Å². The summed E-state index contributed by atoms with van der Waals surface area (Å²) in [5.74, 6) is -0.135. The molecule has 0 radical (unpaired) electrons. The maximum absolute atomic E-state index is 16.4. The van der Waals surface area contributed by atoms with Gasteiger partial charge >= 0.3 is 0 Å². The van der Waals surface area contributed by atoms with Gasteiger partial charge in [0.25, 0.3) is 0 Å². The lowest BCUT2D eigenvalue weighted by Crippen LogP contribution is -2.58. The van der Waals surface area contributed by atoms with Crippen molar-refractivity contribution in [3.8, 4) is 0 Å². The van der Waals surface area contributed by atoms with Crippen LogP contribution in [0, 0.1) is 29.1 Å². The predicted octanol–water partition coefficient (Wildman–Crippen LogP) is 3.77. The van der Waals surface area contributed by atoms with Crippen LogP contribution in [0.4, 0.5) is 4.39 Å². The Balaban J connectivity index is 1.69. The molecule has 5 heteroatoms. The number of halogens is 2. The third-order valence-electron chi connectivity index (χ3n) is 7.91. The highest BCUT2D eigenvalue weighted by atomic mass is 79.9. The van der Waals surface area contributed by atoms with E-state index in [1.807, 2.05) is 0 Å². The molecule has 0 aliphatic heterocycles. The smallest absolute Gasteiger partial charge is 0.161 e. The minimum absolute atomic E-state index is 0.0607. The molecule has 0 unspecified atom stereocenters. The normalized spacial score (nSPS) is 49.0. The van der Waals surface area contributed by atoms with Crippen LogP contribution in [0.2, 0.25) is 0 Å². The number of alkyl halides is 2. The van der Waals surface area contributed by atoms with Crippen molar-refractivity contribution in [2.45, 2.75) is 62.4 Å². The summed E-state index contributed by atoms with van der Waals surface area (Å²) in [6, 6.07) is 0. The Morgan fingerprint density at radius 3 is 2.80 bits per heavy atom. The highest BCUT2D eigenvalue weighted by Crippen LogP contribution is 2.66. The summed E-state index contributed by atoms with van der Waals surface area (Å²) in [7, 11) is 0. The van der Waals surface area contributed by atoms with E-state index in [2.05, 4.69) is 22.9 Å². The largest absolute Gasteiger partial charge is 0.389 e. The molecule has 3 fully saturated rings. The van der Waals surface area contributed by atoms with E-state index >= 15 is 4.39 Å². The van der Waals surface area contributed by atoms with Crippen molar-refractivity contribution >= 4 is 27.5 Å². The summed E-state index contributed by atoms with van der Waals surface area (Å²) in [5, 5.41) is 9.33. The van der Waals surface area contributed by atoms with Crippen LogP contribution in [0.5, 0.6) is 0 Å². The molecule has 138 valence electrons. The zero-order chi connectivity index (χ0) is 18.0. The monoisotopic (exact) mass is 412 g/mol. The number of carbonyl (C=O) groups is 2. The van der Waals surface area contributed by atoms with Crippen molar-refractivity contribution in [1.82, 2.24) is 0 Å². The quantitative estimate of drug-likeness (QED) is 0.702. The van der Waals surface area contributed by atoms with Crippen LogP contribution >= 0.6 is 15.9 Å². The van der Waals surface area contributed by atoms with E-state index in [9.17, 15) is 14.7 Å². The highest BCUT2D eigenvalue weighted by molar-refractivity contribution is 9.09. The third-order valence-corrected chi connectivity index (χ3v) is 8.82. The summed E-state index contributed by atoms with van der Waals surface area (Å²) in [5.41, 5.74) is -0.490. The Kier molecular flexibility index (Phi) is 4.27. The molecule has 0 saturated heterocycles. The van der Waals surface area contributed by atoms with E-state index in [4.69, 9.17) is 0 Å². The second-order valence-corrected chi connectivity index (χ2v) is 9.91. The molecular formula is C20H26BrFO3. The van der Waals surface area contributed by atoms with Crippen molar-refractivity contribution < 1.29 is 19.1 Å². The van der Waals surface area contributed by atoms with Crippen LogP contribution in [0.3, 0.4) is 0 Å². The molecule has 0 heterocycles. The van der Waals surface area contributed by atoms with E-state index in [0.717, 1.165) is 18.4 Å². The van der Waals surface area contributed by atoms with Crippen molar-refractivity contribution in [2.75, 3.05) is 6.61 Å². The molecular weight excluding hydrogens is 387 g/mol. The van der Waals surface area contributed by atoms with Crippen molar-refractivity contribution in [2.24, 2.45) is 29.1 Å². The maximum Gasteiger partial charge on any atom is 0.161 e. The number of hydrogen-bond donors (Lipinski definition) is 1. The summed E-state index contributed by atoms with van der Waals surface area (Å²) in [4.78, 5) is 24.1. The van der Waals surface area contributed by atoms with Crippen LogP contribution in [0.15, 0.2) is 11.6 Å². The van der Waals surface area contributed by atoms with Gasteiger partial charge in [0.05, 0.1) is 0 Å². The van der Waals surface area contributed by atoms with Crippen molar-refractivity contribution in [3.05, 3.63) is 11.6 Å². The molecule has 1 N–H and O–H groups in total. The Bertz CT molecular complexity index is 647. The van der Waals surface area contributed by atoms with Gasteiger partial charge in [-0.25, -0.2) is 4.39 Å². The lowest BCUT2D eigenvalue weighted by atomic mass is 9.49. The fourth-order valence-electron chi connectivity index (χ4n) is 6.69. The number of Topliss-reactive ketones (excluding diaryl/α,β-unsaturated/α-hetero) is 1. The molecule has 3 nitrogen and oxygen atoms in total. The second-order valence-electron chi connectivity index (χ2n) is 8.81. The molecule has 0 aromatic carbocycles. The topological polar surface area (TPSA) is 54.4 Å². The van der Waals surface area contributed by atoms with E-state index < -0.39 is 12.3 Å². The average Bonchev–Trinajstić information content (AvgIpc) is 2.93. The van der Waals surface area contributed by atoms with Gasteiger partial charge in [0.15, 0.2) is 11.6 Å². The first-order valence-corrected chi connectivity index (χ1v) is 10.4. The van der Waals surface area contributed by atoms with Crippen molar-refractivity contribution in [3.63, 3.8) is 0 Å². The molecule has 0 bridgehead atoms. The van der Waals surface area contributed by atoms with E-state index in [1.54, 1.807) is 6.08 Å². The van der Waals surface area contributed by atoms with Gasteiger partial charge in [-0.15, -0.1) is 0 Å². The number of ketones is 2. The van der Waals surface area contributed by atoms with Gasteiger partial charge in [-0.3, -0.25) is 9.59 Å². The summed E-state index contributed by atoms with van der Waals surface area (Å²) >= 11 is 3.72. The number of fused-ring (bicyclic) bond motifs is 5. The Morgan fingerprint density at radius 2 is 2.08 bits per heavy atom. The molecule has 0 aromatic rings. The van der Waals surface area contributed by atoms with Gasteiger partial charge in [0, 0.05) is 23.1 Å². The van der Waals surface area contributed by atoms with Crippen molar-refractivity contribution in [1.29, 1.82) is 0 Å². The van der Waals surface area contributed by atoms with Crippen LogP contribution in [0.1, 0.15) is 51.9 Å². The predicted molar refractivity (Wildman–Crippen MR) is 96.1 cm³/mol. The van der Waals surface area contributed by atoms with Crippen LogP contribution in [0.25, 0.3) is 0 Å². The molecule has 25 heavy (non-hydrogen) atoms. The Morgan fingerprint density at radius 1 is 1.32 bits per heavy atom. The fraction of sp³-hybridized carbons (Fsp3) is 0.800. The van der Waals surface area contributed by atoms with E-state index in [0.29, 0.717) is 32.1 Å². The zero-order valence-electron chi connectivity index (χ0n) is 14.6. The second kappa shape index (κ2) is 5.98. The number of aliphatic hydroxyl groups is 1. The van der Waals surface area contributed by atoms with Gasteiger partial charge in [0.1, 0.15) is 12.3 Å². The standard InChI is InChI=1S/C20H26BrFO3/c1-19-6-7-20(22)13-3-2-11(24)8-12(13)17(21)9-16(20)14(19)4-5-15(19)18(25)10-23/h8,13-17,23H,2-7,9-10H2,1H3/t13-,14-,15+,16-,17-,19-,20-/m0/s1. The minimum Gasteiger partial charge on any atom is -0.389 e. The maximum atomic E-state index is 16.4. The molecule has 0 aromatic heterocycles. The highest BCUT2D eigenvalue weighted by Gasteiger charge is 2.65. The summed E-state index contributed by atoms with van der Waals surface area (Å²) < 4.78 is 16.4. The molecule has 4 rings (SSSR count). The van der Waals surface area contributed by atoms with E-state index in [-0.39, 0.29) is 45.5 Å². The Hall–Kier alpha value is -0.550. The molecule has 4 aliphatic carbocycles. The van der Waals surface area contributed by atoms with Crippen LogP contribution in [-0.2, 0) is 9.59 Å².